The van der Waals surface area contributed by atoms with Crippen LogP contribution < -0.4 is 0 Å². The van der Waals surface area contributed by atoms with E-state index in [1.54, 1.807) is 12.1 Å². The van der Waals surface area contributed by atoms with Crippen molar-refractivity contribution in [3.05, 3.63) is 34.6 Å². The molecule has 4 heteroatoms. The van der Waals surface area contributed by atoms with Crippen LogP contribution in [0, 0.1) is 5.82 Å². The van der Waals surface area contributed by atoms with Crippen LogP contribution in [-0.2, 0) is 6.42 Å². The fraction of sp³-hybridized carbons (Fsp3) is 0.571. The lowest BCUT2D eigenvalue weighted by Gasteiger charge is -2.27. The smallest absolute Gasteiger partial charge is 0.142 e. The minimum absolute atomic E-state index is 0.142. The molecule has 1 aromatic rings. The van der Waals surface area contributed by atoms with Crippen LogP contribution in [0.15, 0.2) is 18.2 Å². The summed E-state index contributed by atoms with van der Waals surface area (Å²) in [5, 5.41) is 10.8. The molecule has 1 atom stereocenters. The van der Waals surface area contributed by atoms with Gasteiger partial charge in [0, 0.05) is 13.0 Å². The van der Waals surface area contributed by atoms with Crippen LogP contribution in [0.5, 0.6) is 0 Å². The predicted octanol–water partition coefficient (Wildman–Crippen LogP) is 2.87. The lowest BCUT2D eigenvalue weighted by Crippen LogP contribution is -2.33. The Kier molecular flexibility index (Phi) is 4.25. The molecule has 1 N–H and O–H groups in total. The van der Waals surface area contributed by atoms with Gasteiger partial charge in [-0.15, -0.1) is 0 Å². The average molecular weight is 272 g/mol. The Labute approximate surface area is 112 Å². The fourth-order valence-corrected chi connectivity index (χ4v) is 2.72. The van der Waals surface area contributed by atoms with Gasteiger partial charge in [0.15, 0.2) is 0 Å². The van der Waals surface area contributed by atoms with Gasteiger partial charge in [0.1, 0.15) is 5.82 Å². The topological polar surface area (TPSA) is 23.5 Å². The number of nitrogens with zero attached hydrogens (tertiary/aromatic N) is 1. The van der Waals surface area contributed by atoms with E-state index < -0.39 is 11.4 Å². The molecule has 0 saturated carbocycles. The molecule has 1 unspecified atom stereocenters. The molecular weight excluding hydrogens is 253 g/mol. The summed E-state index contributed by atoms with van der Waals surface area (Å²) in [6.07, 6.45) is 2.83. The number of aliphatic hydroxyl groups is 1. The standard InChI is InChI=1S/C14H19ClFNO/c1-17-8-3-6-14(18,7-9-17)10-11-4-2-5-12(16)13(11)15/h2,4-5,18H,3,6-10H2,1H3. The van der Waals surface area contributed by atoms with Crippen LogP contribution in [0.2, 0.25) is 5.02 Å². The molecule has 0 aliphatic carbocycles. The van der Waals surface area contributed by atoms with Crippen molar-refractivity contribution in [3.63, 3.8) is 0 Å². The summed E-state index contributed by atoms with van der Waals surface area (Å²) in [5.41, 5.74) is -0.0638. The van der Waals surface area contributed by atoms with Crippen LogP contribution in [-0.4, -0.2) is 35.7 Å². The third kappa shape index (κ3) is 3.22. The molecule has 1 aliphatic heterocycles. The van der Waals surface area contributed by atoms with Crippen LogP contribution in [0.1, 0.15) is 24.8 Å². The van der Waals surface area contributed by atoms with Gasteiger partial charge in [0.05, 0.1) is 10.6 Å². The van der Waals surface area contributed by atoms with E-state index in [0.29, 0.717) is 18.4 Å². The second-order valence-corrected chi connectivity index (χ2v) is 5.65. The highest BCUT2D eigenvalue weighted by Gasteiger charge is 2.30. The van der Waals surface area contributed by atoms with E-state index in [4.69, 9.17) is 11.6 Å². The molecule has 0 radical (unpaired) electrons. The molecule has 1 fully saturated rings. The first-order valence-electron chi connectivity index (χ1n) is 6.34. The predicted molar refractivity (Wildman–Crippen MR) is 71.4 cm³/mol. The van der Waals surface area contributed by atoms with Gasteiger partial charge in [-0.2, -0.15) is 0 Å². The summed E-state index contributed by atoms with van der Waals surface area (Å²) in [7, 11) is 2.06. The van der Waals surface area contributed by atoms with Gasteiger partial charge in [0.25, 0.3) is 0 Å². The zero-order valence-electron chi connectivity index (χ0n) is 10.6. The Bertz CT molecular complexity index is 426. The number of benzene rings is 1. The number of halogens is 2. The summed E-state index contributed by atoms with van der Waals surface area (Å²) in [6.45, 7) is 1.86. The maximum atomic E-state index is 13.4. The highest BCUT2D eigenvalue weighted by Crippen LogP contribution is 2.30. The van der Waals surface area contributed by atoms with Crippen LogP contribution in [0.25, 0.3) is 0 Å². The van der Waals surface area contributed by atoms with Gasteiger partial charge < -0.3 is 10.0 Å². The lowest BCUT2D eigenvalue weighted by atomic mass is 9.88. The van der Waals surface area contributed by atoms with Crippen molar-refractivity contribution in [2.24, 2.45) is 0 Å². The quantitative estimate of drug-likeness (QED) is 0.894. The third-order valence-corrected chi connectivity index (χ3v) is 4.12. The molecule has 0 spiro atoms. The van der Waals surface area contributed by atoms with Crippen molar-refractivity contribution in [1.29, 1.82) is 0 Å². The molecule has 0 bridgehead atoms. The van der Waals surface area contributed by atoms with Crippen LogP contribution >= 0.6 is 11.6 Å². The second-order valence-electron chi connectivity index (χ2n) is 5.27. The lowest BCUT2D eigenvalue weighted by molar-refractivity contribution is 0.0263. The molecule has 0 aromatic heterocycles. The summed E-state index contributed by atoms with van der Waals surface area (Å²) < 4.78 is 13.4. The molecule has 1 saturated heterocycles. The van der Waals surface area contributed by atoms with Crippen molar-refractivity contribution in [2.75, 3.05) is 20.1 Å². The van der Waals surface area contributed by atoms with Gasteiger partial charge in [0.2, 0.25) is 0 Å². The van der Waals surface area contributed by atoms with E-state index >= 15 is 0 Å². The van der Waals surface area contributed by atoms with Crippen molar-refractivity contribution in [1.82, 2.24) is 4.90 Å². The zero-order chi connectivity index (χ0) is 13.2. The maximum Gasteiger partial charge on any atom is 0.142 e. The molecule has 0 amide bonds. The first-order chi connectivity index (χ1) is 8.50. The molecule has 2 nitrogen and oxygen atoms in total. The van der Waals surface area contributed by atoms with Gasteiger partial charge in [-0.05, 0) is 44.5 Å². The summed E-state index contributed by atoms with van der Waals surface area (Å²) in [4.78, 5) is 2.21. The fourth-order valence-electron chi connectivity index (χ4n) is 2.53. The summed E-state index contributed by atoms with van der Waals surface area (Å²) in [6, 6.07) is 4.78. The van der Waals surface area contributed by atoms with E-state index in [1.165, 1.54) is 6.07 Å². The minimum Gasteiger partial charge on any atom is -0.389 e. The molecule has 100 valence electrons. The van der Waals surface area contributed by atoms with Crippen LogP contribution in [0.4, 0.5) is 4.39 Å². The summed E-state index contributed by atoms with van der Waals surface area (Å²) >= 11 is 5.95. The Morgan fingerprint density at radius 2 is 2.17 bits per heavy atom. The molecule has 1 aliphatic rings. The van der Waals surface area contributed by atoms with Gasteiger partial charge in [-0.1, -0.05) is 23.7 Å². The molecule has 18 heavy (non-hydrogen) atoms. The second kappa shape index (κ2) is 5.55. The average Bonchev–Trinajstić information content (AvgIpc) is 2.48. The Balaban J connectivity index is 2.14. The molecular formula is C14H19ClFNO. The number of likely N-dealkylation sites (tertiary alicyclic amines) is 1. The van der Waals surface area contributed by atoms with Crippen molar-refractivity contribution in [2.45, 2.75) is 31.3 Å². The number of rotatable bonds is 2. The Morgan fingerprint density at radius 1 is 1.39 bits per heavy atom. The minimum atomic E-state index is -0.762. The van der Waals surface area contributed by atoms with E-state index in [-0.39, 0.29) is 5.02 Å². The van der Waals surface area contributed by atoms with Gasteiger partial charge in [-0.25, -0.2) is 4.39 Å². The van der Waals surface area contributed by atoms with E-state index in [9.17, 15) is 9.50 Å². The Hall–Kier alpha value is -0.640. The maximum absolute atomic E-state index is 13.4. The normalized spacial score (nSPS) is 26.0. The highest BCUT2D eigenvalue weighted by molar-refractivity contribution is 6.31. The molecule has 1 aromatic carbocycles. The monoisotopic (exact) mass is 271 g/mol. The molecule has 1 heterocycles. The van der Waals surface area contributed by atoms with Gasteiger partial charge >= 0.3 is 0 Å². The van der Waals surface area contributed by atoms with Gasteiger partial charge in [-0.3, -0.25) is 0 Å². The summed E-state index contributed by atoms with van der Waals surface area (Å²) in [5.74, 6) is -0.413. The first-order valence-corrected chi connectivity index (χ1v) is 6.72. The molecule has 2 rings (SSSR count). The third-order valence-electron chi connectivity index (χ3n) is 3.69. The first kappa shape index (κ1) is 13.8. The highest BCUT2D eigenvalue weighted by atomic mass is 35.5. The van der Waals surface area contributed by atoms with E-state index in [1.807, 2.05) is 0 Å². The Morgan fingerprint density at radius 3 is 2.94 bits per heavy atom. The largest absolute Gasteiger partial charge is 0.389 e. The van der Waals surface area contributed by atoms with E-state index in [2.05, 4.69) is 11.9 Å². The van der Waals surface area contributed by atoms with Crippen LogP contribution in [0.3, 0.4) is 0 Å². The van der Waals surface area contributed by atoms with Crippen molar-refractivity contribution < 1.29 is 9.50 Å². The van der Waals surface area contributed by atoms with Crippen molar-refractivity contribution in [3.8, 4) is 0 Å². The number of hydrogen-bond donors (Lipinski definition) is 1. The van der Waals surface area contributed by atoms with Crippen molar-refractivity contribution >= 4 is 11.6 Å². The zero-order valence-corrected chi connectivity index (χ0v) is 11.4. The SMILES string of the molecule is CN1CCCC(O)(Cc2cccc(F)c2Cl)CC1. The number of hydrogen-bond acceptors (Lipinski definition) is 2. The van der Waals surface area contributed by atoms with E-state index in [0.717, 1.165) is 25.9 Å².